The fourth-order valence-corrected chi connectivity index (χ4v) is 5.23. The number of aromatic nitrogens is 4. The SMILES string of the molecule is Nc1nc(N2CC=C(c3cccc4ccccc34)CC2)nc2cccc(-c3cc(C4CC4)[nH]n3)c12. The monoisotopic (exact) mass is 458 g/mol. The minimum absolute atomic E-state index is 0.500. The van der Waals surface area contributed by atoms with E-state index in [1.807, 2.05) is 12.1 Å². The molecular formula is C29H26N6. The lowest BCUT2D eigenvalue weighted by atomic mass is 9.94. The zero-order valence-corrected chi connectivity index (χ0v) is 19.4. The number of nitrogens with one attached hydrogen (secondary N) is 1. The molecule has 1 fully saturated rings. The summed E-state index contributed by atoms with van der Waals surface area (Å²) in [5.74, 6) is 1.80. The number of rotatable bonds is 4. The first kappa shape index (κ1) is 20.2. The fraction of sp³-hybridized carbons (Fsp3) is 0.207. The zero-order valence-electron chi connectivity index (χ0n) is 19.4. The molecule has 0 bridgehead atoms. The second-order valence-corrected chi connectivity index (χ2v) is 9.54. The van der Waals surface area contributed by atoms with Crippen molar-refractivity contribution in [2.24, 2.45) is 0 Å². The van der Waals surface area contributed by atoms with Gasteiger partial charge in [-0.15, -0.1) is 0 Å². The zero-order chi connectivity index (χ0) is 23.4. The van der Waals surface area contributed by atoms with Crippen molar-refractivity contribution in [3.05, 3.63) is 84.1 Å². The molecular weight excluding hydrogens is 432 g/mol. The molecule has 1 saturated carbocycles. The highest BCUT2D eigenvalue weighted by Gasteiger charge is 2.26. The number of nitrogens with zero attached hydrogens (tertiary/aromatic N) is 4. The molecule has 1 aliphatic heterocycles. The van der Waals surface area contributed by atoms with Crippen LogP contribution in [0.25, 0.3) is 38.5 Å². The van der Waals surface area contributed by atoms with Gasteiger partial charge in [0.2, 0.25) is 5.95 Å². The van der Waals surface area contributed by atoms with Crippen LogP contribution in [0, 0.1) is 0 Å². The summed E-state index contributed by atoms with van der Waals surface area (Å²) in [6, 6.07) is 23.3. The van der Waals surface area contributed by atoms with Crippen LogP contribution in [0.15, 0.2) is 72.8 Å². The van der Waals surface area contributed by atoms with Gasteiger partial charge in [-0.25, -0.2) is 4.98 Å². The van der Waals surface area contributed by atoms with Gasteiger partial charge < -0.3 is 10.6 Å². The van der Waals surface area contributed by atoms with Gasteiger partial charge in [0.1, 0.15) is 5.82 Å². The second kappa shape index (κ2) is 7.94. The molecule has 3 N–H and O–H groups in total. The normalized spacial score (nSPS) is 16.1. The van der Waals surface area contributed by atoms with E-state index < -0.39 is 0 Å². The van der Waals surface area contributed by atoms with E-state index in [0.717, 1.165) is 41.7 Å². The number of fused-ring (bicyclic) bond motifs is 2. The standard InChI is InChI=1S/C29H26N6/c30-28-27-23(26-17-25(33-34-26)20-11-12-20)9-4-10-24(27)31-29(32-28)35-15-13-19(14-16-35)22-8-3-6-18-5-1-2-7-21(18)22/h1-10,13,17,20H,11-12,14-16H2,(H,33,34)(H2,30,31,32). The molecule has 7 rings (SSSR count). The van der Waals surface area contributed by atoms with Gasteiger partial charge in [-0.1, -0.05) is 60.7 Å². The Hall–Kier alpha value is -4.19. The number of anilines is 2. The summed E-state index contributed by atoms with van der Waals surface area (Å²) in [6.45, 7) is 1.61. The Morgan fingerprint density at radius 3 is 2.60 bits per heavy atom. The second-order valence-electron chi connectivity index (χ2n) is 9.54. The molecule has 2 aromatic heterocycles. The summed E-state index contributed by atoms with van der Waals surface area (Å²) >= 11 is 0. The highest BCUT2D eigenvalue weighted by atomic mass is 15.3. The Morgan fingerprint density at radius 1 is 0.914 bits per heavy atom. The number of hydrogen-bond donors (Lipinski definition) is 2. The molecule has 0 amide bonds. The molecule has 6 nitrogen and oxygen atoms in total. The van der Waals surface area contributed by atoms with Crippen molar-refractivity contribution in [3.63, 3.8) is 0 Å². The predicted molar refractivity (Wildman–Crippen MR) is 142 cm³/mol. The van der Waals surface area contributed by atoms with Crippen LogP contribution in [-0.4, -0.2) is 33.3 Å². The smallest absolute Gasteiger partial charge is 0.228 e. The molecule has 3 heterocycles. The highest BCUT2D eigenvalue weighted by molar-refractivity contribution is 6.01. The Morgan fingerprint density at radius 2 is 1.74 bits per heavy atom. The topological polar surface area (TPSA) is 83.7 Å². The third-order valence-corrected chi connectivity index (χ3v) is 7.26. The van der Waals surface area contributed by atoms with Crippen molar-refractivity contribution in [2.45, 2.75) is 25.2 Å². The molecule has 0 unspecified atom stereocenters. The number of nitrogens with two attached hydrogens (primary N) is 1. The van der Waals surface area contributed by atoms with Crippen LogP contribution in [0.4, 0.5) is 11.8 Å². The van der Waals surface area contributed by atoms with E-state index in [0.29, 0.717) is 17.7 Å². The van der Waals surface area contributed by atoms with E-state index in [-0.39, 0.29) is 0 Å². The maximum atomic E-state index is 6.53. The van der Waals surface area contributed by atoms with Gasteiger partial charge in [-0.05, 0) is 53.3 Å². The van der Waals surface area contributed by atoms with E-state index in [4.69, 9.17) is 15.7 Å². The first-order valence-electron chi connectivity index (χ1n) is 12.3. The van der Waals surface area contributed by atoms with Crippen molar-refractivity contribution in [3.8, 4) is 11.3 Å². The first-order valence-corrected chi connectivity index (χ1v) is 12.3. The lowest BCUT2D eigenvalue weighted by Crippen LogP contribution is -2.30. The van der Waals surface area contributed by atoms with Gasteiger partial charge in [-0.3, -0.25) is 5.10 Å². The molecule has 35 heavy (non-hydrogen) atoms. The van der Waals surface area contributed by atoms with Crippen LogP contribution in [0.3, 0.4) is 0 Å². The summed E-state index contributed by atoms with van der Waals surface area (Å²) < 4.78 is 0. The molecule has 172 valence electrons. The van der Waals surface area contributed by atoms with Crippen molar-refractivity contribution >= 4 is 39.0 Å². The Kier molecular flexibility index (Phi) is 4.59. The van der Waals surface area contributed by atoms with Crippen LogP contribution >= 0.6 is 0 Å². The molecule has 0 radical (unpaired) electrons. The molecule has 0 spiro atoms. The van der Waals surface area contributed by atoms with Gasteiger partial charge in [-0.2, -0.15) is 10.1 Å². The molecule has 0 atom stereocenters. The summed E-state index contributed by atoms with van der Waals surface area (Å²) in [5, 5.41) is 11.2. The van der Waals surface area contributed by atoms with Gasteiger partial charge in [0.25, 0.3) is 0 Å². The lowest BCUT2D eigenvalue weighted by molar-refractivity contribution is 0.802. The highest BCUT2D eigenvalue weighted by Crippen LogP contribution is 2.41. The minimum atomic E-state index is 0.500. The molecule has 2 aliphatic rings. The summed E-state index contributed by atoms with van der Waals surface area (Å²) in [4.78, 5) is 11.9. The number of nitrogen functional groups attached to an aromatic ring is 1. The average Bonchev–Trinajstić information content (AvgIpc) is 3.64. The van der Waals surface area contributed by atoms with E-state index in [2.05, 4.69) is 75.8 Å². The summed E-state index contributed by atoms with van der Waals surface area (Å²) in [5.41, 5.74) is 13.2. The van der Waals surface area contributed by atoms with Crippen molar-refractivity contribution in [1.82, 2.24) is 20.2 Å². The van der Waals surface area contributed by atoms with Gasteiger partial charge in [0, 0.05) is 30.3 Å². The Labute approximate surface area is 203 Å². The molecule has 6 heteroatoms. The summed E-state index contributed by atoms with van der Waals surface area (Å²) in [7, 11) is 0. The van der Waals surface area contributed by atoms with Crippen molar-refractivity contribution in [2.75, 3.05) is 23.7 Å². The number of hydrogen-bond acceptors (Lipinski definition) is 5. The van der Waals surface area contributed by atoms with Crippen molar-refractivity contribution < 1.29 is 0 Å². The first-order chi connectivity index (χ1) is 17.2. The van der Waals surface area contributed by atoms with Gasteiger partial charge in [0.05, 0.1) is 16.6 Å². The van der Waals surface area contributed by atoms with Crippen LogP contribution in [-0.2, 0) is 0 Å². The summed E-state index contributed by atoms with van der Waals surface area (Å²) in [6.07, 6.45) is 5.71. The van der Waals surface area contributed by atoms with Crippen LogP contribution in [0.1, 0.15) is 36.4 Å². The van der Waals surface area contributed by atoms with E-state index in [1.54, 1.807) is 0 Å². The minimum Gasteiger partial charge on any atom is -0.383 e. The Balaban J connectivity index is 1.21. The van der Waals surface area contributed by atoms with Crippen molar-refractivity contribution in [1.29, 1.82) is 0 Å². The molecule has 3 aromatic carbocycles. The maximum absolute atomic E-state index is 6.53. The molecule has 1 aliphatic carbocycles. The number of benzene rings is 3. The Bertz CT molecular complexity index is 1610. The van der Waals surface area contributed by atoms with Crippen LogP contribution < -0.4 is 10.6 Å². The molecule has 0 saturated heterocycles. The fourth-order valence-electron chi connectivity index (χ4n) is 5.23. The lowest BCUT2D eigenvalue weighted by Gasteiger charge is -2.27. The number of aromatic amines is 1. The predicted octanol–water partition coefficient (Wildman–Crippen LogP) is 5.93. The van der Waals surface area contributed by atoms with Gasteiger partial charge >= 0.3 is 0 Å². The van der Waals surface area contributed by atoms with Crippen LogP contribution in [0.5, 0.6) is 0 Å². The van der Waals surface area contributed by atoms with Gasteiger partial charge in [0.15, 0.2) is 0 Å². The van der Waals surface area contributed by atoms with E-state index in [1.165, 1.54) is 40.4 Å². The quantitative estimate of drug-likeness (QED) is 0.349. The maximum Gasteiger partial charge on any atom is 0.228 e. The third kappa shape index (κ3) is 3.53. The number of H-pyrrole nitrogens is 1. The average molecular weight is 459 g/mol. The van der Waals surface area contributed by atoms with Crippen LogP contribution in [0.2, 0.25) is 0 Å². The molecule has 5 aromatic rings. The third-order valence-electron chi connectivity index (χ3n) is 7.26. The largest absolute Gasteiger partial charge is 0.383 e. The van der Waals surface area contributed by atoms with E-state index in [9.17, 15) is 0 Å². The van der Waals surface area contributed by atoms with E-state index >= 15 is 0 Å².